The van der Waals surface area contributed by atoms with Crippen LogP contribution in [-0.2, 0) is 27.8 Å². The molecule has 2 atom stereocenters. The van der Waals surface area contributed by atoms with E-state index in [1.807, 2.05) is 36.4 Å². The fourth-order valence-corrected chi connectivity index (χ4v) is 4.10. The number of ether oxygens (including phenoxy) is 1. The van der Waals surface area contributed by atoms with Crippen molar-refractivity contribution in [1.82, 2.24) is 9.47 Å². The number of nitriles is 1. The molecule has 4 rings (SSSR count). The van der Waals surface area contributed by atoms with Gasteiger partial charge < -0.3 is 14.1 Å². The Hall–Kier alpha value is -3.70. The summed E-state index contributed by atoms with van der Waals surface area (Å²) in [7, 11) is 1.67. The van der Waals surface area contributed by atoms with Crippen LogP contribution in [0.25, 0.3) is 22.2 Å². The molecule has 170 valence electrons. The molecule has 0 aliphatic carbocycles. The number of aromatic nitrogens is 1. The largest absolute Gasteiger partial charge is 0.419 e. The van der Waals surface area contributed by atoms with Gasteiger partial charge >= 0.3 is 5.76 Å². The van der Waals surface area contributed by atoms with Crippen molar-refractivity contribution in [2.75, 3.05) is 19.7 Å². The van der Waals surface area contributed by atoms with Gasteiger partial charge in [0.25, 0.3) is 0 Å². The Morgan fingerprint density at radius 3 is 2.73 bits per heavy atom. The van der Waals surface area contributed by atoms with Crippen molar-refractivity contribution in [2.24, 2.45) is 13.0 Å². The third-order valence-corrected chi connectivity index (χ3v) is 6.01. The van der Waals surface area contributed by atoms with Crippen LogP contribution in [0.4, 0.5) is 0 Å². The van der Waals surface area contributed by atoms with Crippen molar-refractivity contribution in [3.05, 3.63) is 58.6 Å². The number of fused-ring (bicyclic) bond motifs is 1. The first-order valence-corrected chi connectivity index (χ1v) is 10.9. The van der Waals surface area contributed by atoms with E-state index < -0.39 is 17.8 Å². The zero-order valence-electron chi connectivity index (χ0n) is 18.4. The maximum atomic E-state index is 12.7. The maximum absolute atomic E-state index is 12.7. The average Bonchev–Trinajstić information content (AvgIpc) is 2.99. The van der Waals surface area contributed by atoms with Gasteiger partial charge in [-0.2, -0.15) is 5.26 Å². The third-order valence-electron chi connectivity index (χ3n) is 6.01. The fraction of sp³-hybridized carbons (Fsp3) is 0.360. The van der Waals surface area contributed by atoms with E-state index in [4.69, 9.17) is 9.15 Å². The normalized spacial score (nSPS) is 17.3. The maximum Gasteiger partial charge on any atom is 0.419 e. The number of Topliss-reactive ketones (excluding diaryl/α,β-unsaturated/α-hetero) is 1. The molecule has 2 aromatic carbocycles. The summed E-state index contributed by atoms with van der Waals surface area (Å²) in [5.74, 6) is -1.02. The van der Waals surface area contributed by atoms with Crippen molar-refractivity contribution in [1.29, 1.82) is 5.26 Å². The molecule has 1 unspecified atom stereocenters. The van der Waals surface area contributed by atoms with Crippen LogP contribution in [0.5, 0.6) is 0 Å². The van der Waals surface area contributed by atoms with Crippen LogP contribution < -0.4 is 5.76 Å². The number of ketones is 1. The van der Waals surface area contributed by atoms with Gasteiger partial charge in [-0.1, -0.05) is 30.3 Å². The zero-order chi connectivity index (χ0) is 23.4. The molecule has 1 saturated heterocycles. The van der Waals surface area contributed by atoms with Gasteiger partial charge in [-0.25, -0.2) is 4.79 Å². The third kappa shape index (κ3) is 5.04. The van der Waals surface area contributed by atoms with Crippen molar-refractivity contribution in [2.45, 2.75) is 25.4 Å². The summed E-state index contributed by atoms with van der Waals surface area (Å²) >= 11 is 0. The Morgan fingerprint density at radius 2 is 2.00 bits per heavy atom. The summed E-state index contributed by atoms with van der Waals surface area (Å²) < 4.78 is 12.3. The van der Waals surface area contributed by atoms with Gasteiger partial charge in [0.1, 0.15) is 6.10 Å². The summed E-state index contributed by atoms with van der Waals surface area (Å²) in [6, 6.07) is 15.6. The highest BCUT2D eigenvalue weighted by Crippen LogP contribution is 2.25. The minimum absolute atomic E-state index is 0.0841. The molecule has 1 aromatic heterocycles. The van der Waals surface area contributed by atoms with Gasteiger partial charge in [0.2, 0.25) is 6.41 Å². The molecule has 0 bridgehead atoms. The minimum atomic E-state index is -0.676. The number of amides is 1. The Kier molecular flexibility index (Phi) is 6.71. The molecule has 0 N–H and O–H groups in total. The molecular formula is C25H25N3O5. The molecule has 0 radical (unpaired) electrons. The van der Waals surface area contributed by atoms with E-state index in [2.05, 4.69) is 6.07 Å². The van der Waals surface area contributed by atoms with Crippen LogP contribution in [0.2, 0.25) is 0 Å². The summed E-state index contributed by atoms with van der Waals surface area (Å²) in [5, 5.41) is 9.60. The van der Waals surface area contributed by atoms with E-state index in [9.17, 15) is 19.6 Å². The number of nitrogens with zero attached hydrogens (tertiary/aromatic N) is 3. The first-order chi connectivity index (χ1) is 16.0. The molecule has 8 nitrogen and oxygen atoms in total. The topological polar surface area (TPSA) is 106 Å². The van der Waals surface area contributed by atoms with Crippen LogP contribution in [0.15, 0.2) is 51.7 Å². The predicted molar refractivity (Wildman–Crippen MR) is 121 cm³/mol. The first-order valence-electron chi connectivity index (χ1n) is 10.9. The highest BCUT2D eigenvalue weighted by molar-refractivity contribution is 5.84. The van der Waals surface area contributed by atoms with Crippen molar-refractivity contribution in [3.8, 4) is 17.2 Å². The van der Waals surface area contributed by atoms with E-state index in [1.54, 1.807) is 18.0 Å². The lowest BCUT2D eigenvalue weighted by molar-refractivity contribution is -0.132. The van der Waals surface area contributed by atoms with Gasteiger partial charge in [-0.3, -0.25) is 14.2 Å². The molecule has 33 heavy (non-hydrogen) atoms. The summed E-state index contributed by atoms with van der Waals surface area (Å²) in [6.07, 6.45) is 1.29. The molecule has 2 heterocycles. The summed E-state index contributed by atoms with van der Waals surface area (Å²) in [6.45, 7) is 1.24. The van der Waals surface area contributed by atoms with E-state index in [1.165, 1.54) is 4.57 Å². The second-order valence-corrected chi connectivity index (χ2v) is 8.32. The molecule has 1 aliphatic rings. The van der Waals surface area contributed by atoms with Gasteiger partial charge in [0.05, 0.1) is 24.0 Å². The number of rotatable bonds is 7. The monoisotopic (exact) mass is 447 g/mol. The number of benzene rings is 2. The summed E-state index contributed by atoms with van der Waals surface area (Å²) in [5.41, 5.74) is 4.13. The number of carbonyl (C=O) groups is 2. The smallest absolute Gasteiger partial charge is 0.408 e. The number of oxazole rings is 1. The zero-order valence-corrected chi connectivity index (χ0v) is 18.4. The molecular weight excluding hydrogens is 422 g/mol. The van der Waals surface area contributed by atoms with Crippen LogP contribution in [0.1, 0.15) is 18.4 Å². The summed E-state index contributed by atoms with van der Waals surface area (Å²) in [4.78, 5) is 37.1. The second-order valence-electron chi connectivity index (χ2n) is 8.32. The highest BCUT2D eigenvalue weighted by atomic mass is 16.5. The van der Waals surface area contributed by atoms with Crippen molar-refractivity contribution < 1.29 is 18.7 Å². The highest BCUT2D eigenvalue weighted by Gasteiger charge is 2.26. The number of carbonyl (C=O) groups excluding carboxylic acids is 2. The Balaban J connectivity index is 1.42. The molecule has 1 aliphatic heterocycles. The lowest BCUT2D eigenvalue weighted by Gasteiger charge is -2.20. The lowest BCUT2D eigenvalue weighted by Crippen LogP contribution is -2.36. The second kappa shape index (κ2) is 9.84. The van der Waals surface area contributed by atoms with Gasteiger partial charge in [-0.05, 0) is 41.7 Å². The number of hydrogen-bond acceptors (Lipinski definition) is 6. The molecule has 3 aromatic rings. The van der Waals surface area contributed by atoms with Crippen molar-refractivity contribution >= 4 is 23.3 Å². The van der Waals surface area contributed by atoms with E-state index in [0.717, 1.165) is 28.6 Å². The standard InChI is InChI=1S/C25H25N3O5/c1-27-21-13-20(7-8-23(21)33-25(27)31)19-5-3-17(4-6-19)11-18(14-26)12-22(30)24-15-28(16-29)9-2-10-32-24/h3-8,13,16,18,24H,2,9-12,15H2,1H3/t18-,24?/m1/s1. The SMILES string of the molecule is Cn1c(=O)oc2ccc(-c3ccc(C[C@@H](C#N)CC(=O)C4CN(C=O)CCCO4)cc3)cc21. The van der Waals surface area contributed by atoms with Gasteiger partial charge in [0, 0.05) is 26.6 Å². The van der Waals surface area contributed by atoms with Crippen LogP contribution >= 0.6 is 0 Å². The van der Waals surface area contributed by atoms with Crippen LogP contribution in [0.3, 0.4) is 0 Å². The number of aryl methyl sites for hydroxylation is 1. The Bertz CT molecular complexity index is 1250. The van der Waals surface area contributed by atoms with Crippen LogP contribution in [-0.4, -0.2) is 47.5 Å². The van der Waals surface area contributed by atoms with Crippen LogP contribution in [0, 0.1) is 17.2 Å². The Labute approximate surface area is 191 Å². The molecule has 0 saturated carbocycles. The lowest BCUT2D eigenvalue weighted by atomic mass is 9.93. The molecule has 1 fully saturated rings. The van der Waals surface area contributed by atoms with Crippen molar-refractivity contribution in [3.63, 3.8) is 0 Å². The van der Waals surface area contributed by atoms with Gasteiger partial charge in [-0.15, -0.1) is 0 Å². The van der Waals surface area contributed by atoms with Gasteiger partial charge in [0.15, 0.2) is 11.4 Å². The number of hydrogen-bond donors (Lipinski definition) is 0. The van der Waals surface area contributed by atoms with E-state index >= 15 is 0 Å². The first kappa shape index (κ1) is 22.5. The Morgan fingerprint density at radius 1 is 1.24 bits per heavy atom. The minimum Gasteiger partial charge on any atom is -0.408 e. The average molecular weight is 447 g/mol. The van der Waals surface area contributed by atoms with E-state index in [0.29, 0.717) is 31.6 Å². The molecule has 1 amide bonds. The molecule has 8 heteroatoms. The fourth-order valence-electron chi connectivity index (χ4n) is 4.10. The molecule has 0 spiro atoms. The quantitative estimate of drug-likeness (QED) is 0.516. The predicted octanol–water partition coefficient (Wildman–Crippen LogP) is 2.69. The van der Waals surface area contributed by atoms with E-state index in [-0.39, 0.29) is 18.7 Å².